The molecule has 0 fully saturated rings. The first-order valence-electron chi connectivity index (χ1n) is 9.21. The van der Waals surface area contributed by atoms with E-state index < -0.39 is 0 Å². The summed E-state index contributed by atoms with van der Waals surface area (Å²) in [5.41, 5.74) is 2.95. The summed E-state index contributed by atoms with van der Waals surface area (Å²) in [7, 11) is 7.71. The van der Waals surface area contributed by atoms with Gasteiger partial charge in [0.1, 0.15) is 13.2 Å². The summed E-state index contributed by atoms with van der Waals surface area (Å²) in [5, 5.41) is 0. The Morgan fingerprint density at radius 2 is 0.966 bits per heavy atom. The Bertz CT molecular complexity index is 707. The molecular formula is C22H29ClN2O4. The topological polar surface area (TPSA) is 59.1 Å². The number of benzene rings is 2. The maximum atomic E-state index is 12.0. The van der Waals surface area contributed by atoms with E-state index in [0.717, 1.165) is 11.1 Å². The molecule has 2 rings (SSSR count). The lowest BCUT2D eigenvalue weighted by Gasteiger charge is -2.11. The SMILES string of the molecule is CN(C)CCOC(=O)c1ccc(-c2ccc(C(=O)OCCN(C)C)cc2)cc1.Cl. The van der Waals surface area contributed by atoms with E-state index in [1.807, 2.05) is 62.3 Å². The number of hydrogen-bond donors (Lipinski definition) is 0. The lowest BCUT2D eigenvalue weighted by atomic mass is 10.0. The summed E-state index contributed by atoms with van der Waals surface area (Å²) in [4.78, 5) is 28.0. The Labute approximate surface area is 178 Å². The van der Waals surface area contributed by atoms with Gasteiger partial charge < -0.3 is 19.3 Å². The summed E-state index contributed by atoms with van der Waals surface area (Å²) >= 11 is 0. The number of ether oxygens (including phenoxy) is 2. The molecule has 0 spiro atoms. The van der Waals surface area contributed by atoms with Gasteiger partial charge in [0.05, 0.1) is 11.1 Å². The molecule has 2 aromatic rings. The quantitative estimate of drug-likeness (QED) is 0.580. The van der Waals surface area contributed by atoms with Crippen molar-refractivity contribution in [1.82, 2.24) is 9.80 Å². The molecule has 0 amide bonds. The third-order valence-corrected chi connectivity index (χ3v) is 4.12. The smallest absolute Gasteiger partial charge is 0.338 e. The zero-order chi connectivity index (χ0) is 20.5. The van der Waals surface area contributed by atoms with Crippen molar-refractivity contribution in [3.63, 3.8) is 0 Å². The maximum Gasteiger partial charge on any atom is 0.338 e. The minimum absolute atomic E-state index is 0. The monoisotopic (exact) mass is 420 g/mol. The Kier molecular flexibility index (Phi) is 10.4. The average molecular weight is 421 g/mol. The van der Waals surface area contributed by atoms with E-state index in [0.29, 0.717) is 37.4 Å². The normalized spacial score (nSPS) is 10.6. The second-order valence-electron chi connectivity index (χ2n) is 7.03. The zero-order valence-electron chi connectivity index (χ0n) is 17.4. The molecule has 0 atom stereocenters. The van der Waals surface area contributed by atoms with Crippen LogP contribution in [-0.2, 0) is 9.47 Å². The molecule has 6 nitrogen and oxygen atoms in total. The number of esters is 2. The summed E-state index contributed by atoms with van der Waals surface area (Å²) in [5.74, 6) is -0.659. The van der Waals surface area contributed by atoms with E-state index >= 15 is 0 Å². The number of halogens is 1. The van der Waals surface area contributed by atoms with Crippen LogP contribution in [0.5, 0.6) is 0 Å². The molecule has 0 saturated heterocycles. The standard InChI is InChI=1S/C22H28N2O4.ClH/c1-23(2)13-15-27-21(25)19-9-5-17(6-10-19)18-7-11-20(12-8-18)22(26)28-16-14-24(3)4;/h5-12H,13-16H2,1-4H3;1H. The number of hydrogen-bond acceptors (Lipinski definition) is 6. The Morgan fingerprint density at radius 1 is 0.655 bits per heavy atom. The van der Waals surface area contributed by atoms with Gasteiger partial charge in [-0.05, 0) is 63.6 Å². The van der Waals surface area contributed by atoms with Gasteiger partial charge in [-0.3, -0.25) is 0 Å². The molecule has 0 unspecified atom stereocenters. The first-order valence-corrected chi connectivity index (χ1v) is 9.21. The van der Waals surface area contributed by atoms with Crippen molar-refractivity contribution >= 4 is 24.3 Å². The number of carbonyl (C=O) groups is 2. The zero-order valence-corrected chi connectivity index (χ0v) is 18.2. The first-order chi connectivity index (χ1) is 13.4. The third kappa shape index (κ3) is 8.23. The molecule has 0 N–H and O–H groups in total. The number of nitrogens with zero attached hydrogens (tertiary/aromatic N) is 2. The third-order valence-electron chi connectivity index (χ3n) is 4.12. The largest absolute Gasteiger partial charge is 0.461 e. The van der Waals surface area contributed by atoms with Gasteiger partial charge in [-0.2, -0.15) is 0 Å². The highest BCUT2D eigenvalue weighted by Gasteiger charge is 2.10. The van der Waals surface area contributed by atoms with Crippen LogP contribution in [0.15, 0.2) is 48.5 Å². The average Bonchev–Trinajstić information content (AvgIpc) is 2.67. The minimum atomic E-state index is -0.329. The second kappa shape index (κ2) is 12.2. The minimum Gasteiger partial charge on any atom is -0.461 e. The molecule has 0 aliphatic heterocycles. The van der Waals surface area contributed by atoms with Crippen molar-refractivity contribution in [1.29, 1.82) is 0 Å². The molecule has 158 valence electrons. The van der Waals surface area contributed by atoms with Crippen LogP contribution in [0.3, 0.4) is 0 Å². The molecule has 0 radical (unpaired) electrons. The van der Waals surface area contributed by atoms with Crippen LogP contribution in [0.1, 0.15) is 20.7 Å². The van der Waals surface area contributed by atoms with Crippen LogP contribution in [0.2, 0.25) is 0 Å². The van der Waals surface area contributed by atoms with Gasteiger partial charge in [0, 0.05) is 13.1 Å². The molecule has 0 aliphatic carbocycles. The molecule has 2 aromatic carbocycles. The van der Waals surface area contributed by atoms with E-state index in [-0.39, 0.29) is 24.3 Å². The molecule has 0 bridgehead atoms. The van der Waals surface area contributed by atoms with Crippen LogP contribution >= 0.6 is 12.4 Å². The molecule has 0 heterocycles. The molecule has 0 aromatic heterocycles. The van der Waals surface area contributed by atoms with Crippen LogP contribution in [0.25, 0.3) is 11.1 Å². The van der Waals surface area contributed by atoms with Gasteiger partial charge in [-0.25, -0.2) is 9.59 Å². The molecule has 0 saturated carbocycles. The Morgan fingerprint density at radius 3 is 1.24 bits per heavy atom. The van der Waals surface area contributed by atoms with Gasteiger partial charge in [0.25, 0.3) is 0 Å². The fraction of sp³-hybridized carbons (Fsp3) is 0.364. The number of carbonyl (C=O) groups excluding carboxylic acids is 2. The van der Waals surface area contributed by atoms with E-state index in [1.165, 1.54) is 0 Å². The van der Waals surface area contributed by atoms with Crippen molar-refractivity contribution in [2.45, 2.75) is 0 Å². The molecule has 0 aliphatic rings. The van der Waals surface area contributed by atoms with Gasteiger partial charge >= 0.3 is 11.9 Å². The first kappa shape index (κ1) is 24.6. The lowest BCUT2D eigenvalue weighted by molar-refractivity contribution is 0.0472. The van der Waals surface area contributed by atoms with E-state index in [2.05, 4.69) is 0 Å². The predicted molar refractivity (Wildman–Crippen MR) is 117 cm³/mol. The van der Waals surface area contributed by atoms with E-state index in [9.17, 15) is 9.59 Å². The van der Waals surface area contributed by atoms with Crippen LogP contribution in [-0.4, -0.2) is 76.2 Å². The van der Waals surface area contributed by atoms with Crippen molar-refractivity contribution in [2.24, 2.45) is 0 Å². The van der Waals surface area contributed by atoms with Crippen molar-refractivity contribution < 1.29 is 19.1 Å². The summed E-state index contributed by atoms with van der Waals surface area (Å²) in [6.07, 6.45) is 0. The Balaban J connectivity index is 0.00000420. The van der Waals surface area contributed by atoms with Crippen molar-refractivity contribution in [3.8, 4) is 11.1 Å². The van der Waals surface area contributed by atoms with Gasteiger partial charge in [0.15, 0.2) is 0 Å². The van der Waals surface area contributed by atoms with Crippen molar-refractivity contribution in [3.05, 3.63) is 59.7 Å². The highest BCUT2D eigenvalue weighted by molar-refractivity contribution is 5.91. The summed E-state index contributed by atoms with van der Waals surface area (Å²) in [6.45, 7) is 2.10. The maximum absolute atomic E-state index is 12.0. The van der Waals surface area contributed by atoms with Crippen molar-refractivity contribution in [2.75, 3.05) is 54.5 Å². The molecule has 7 heteroatoms. The Hall–Kier alpha value is -2.41. The fourth-order valence-corrected chi connectivity index (χ4v) is 2.41. The van der Waals surface area contributed by atoms with Gasteiger partial charge in [-0.15, -0.1) is 12.4 Å². The number of likely N-dealkylation sites (N-methyl/N-ethyl adjacent to an activating group) is 2. The number of rotatable bonds is 9. The molecular weight excluding hydrogens is 392 g/mol. The fourth-order valence-electron chi connectivity index (χ4n) is 2.41. The highest BCUT2D eigenvalue weighted by Crippen LogP contribution is 2.21. The summed E-state index contributed by atoms with van der Waals surface area (Å²) < 4.78 is 10.5. The second-order valence-corrected chi connectivity index (χ2v) is 7.03. The lowest BCUT2D eigenvalue weighted by Crippen LogP contribution is -2.20. The van der Waals surface area contributed by atoms with Gasteiger partial charge in [-0.1, -0.05) is 24.3 Å². The van der Waals surface area contributed by atoms with Gasteiger partial charge in [0.2, 0.25) is 0 Å². The highest BCUT2D eigenvalue weighted by atomic mass is 35.5. The van der Waals surface area contributed by atoms with E-state index in [1.54, 1.807) is 24.3 Å². The van der Waals surface area contributed by atoms with Crippen LogP contribution < -0.4 is 0 Å². The van der Waals surface area contributed by atoms with Crippen LogP contribution in [0, 0.1) is 0 Å². The van der Waals surface area contributed by atoms with Crippen LogP contribution in [0.4, 0.5) is 0 Å². The molecule has 29 heavy (non-hydrogen) atoms. The predicted octanol–water partition coefficient (Wildman–Crippen LogP) is 3.21. The van der Waals surface area contributed by atoms with E-state index in [4.69, 9.17) is 9.47 Å². The summed E-state index contributed by atoms with van der Waals surface area (Å²) in [6, 6.07) is 14.5.